The predicted octanol–water partition coefficient (Wildman–Crippen LogP) is 0.698. The molecule has 2 aliphatic heterocycles. The molecule has 0 saturated carbocycles. The summed E-state index contributed by atoms with van der Waals surface area (Å²) in [5.41, 5.74) is 1.10. The van der Waals surface area contributed by atoms with Gasteiger partial charge in [0.2, 0.25) is 6.10 Å². The molecule has 1 saturated heterocycles. The highest BCUT2D eigenvalue weighted by molar-refractivity contribution is 6.23. The lowest BCUT2D eigenvalue weighted by atomic mass is 9.86. The minimum Gasteiger partial charge on any atom is -0.508 e. The van der Waals surface area contributed by atoms with Crippen LogP contribution in [0.1, 0.15) is 18.4 Å². The highest BCUT2D eigenvalue weighted by Gasteiger charge is 2.41. The Morgan fingerprint density at radius 3 is 2.72 bits per heavy atom. The lowest BCUT2D eigenvalue weighted by molar-refractivity contribution is -0.256. The molecule has 0 radical (unpaired) electrons. The van der Waals surface area contributed by atoms with Crippen molar-refractivity contribution in [2.45, 2.75) is 37.4 Å². The number of hydrogen-bond acceptors (Lipinski definition) is 7. The number of aliphatic hydroxyl groups is 2. The molecular weight excluding hydrogens is 380 g/mol. The van der Waals surface area contributed by atoms with Gasteiger partial charge in [-0.2, -0.15) is 0 Å². The molecule has 1 aliphatic carbocycles. The molecule has 1 fully saturated rings. The first-order valence-electron chi connectivity index (χ1n) is 9.40. The fourth-order valence-corrected chi connectivity index (χ4v) is 3.60. The minimum atomic E-state index is -0.933. The summed E-state index contributed by atoms with van der Waals surface area (Å²) in [6.45, 7) is -0.363. The zero-order valence-electron chi connectivity index (χ0n) is 15.5. The van der Waals surface area contributed by atoms with Gasteiger partial charge in [-0.3, -0.25) is 4.79 Å². The van der Waals surface area contributed by atoms with Gasteiger partial charge < -0.3 is 34.6 Å². The van der Waals surface area contributed by atoms with E-state index in [4.69, 9.17) is 19.3 Å². The molecule has 0 bridgehead atoms. The van der Waals surface area contributed by atoms with E-state index >= 15 is 0 Å². The van der Waals surface area contributed by atoms with Crippen molar-refractivity contribution in [1.82, 2.24) is 0 Å². The second-order valence-corrected chi connectivity index (χ2v) is 7.25. The summed E-state index contributed by atoms with van der Waals surface area (Å²) in [6, 6.07) is 6.34. The SMILES string of the molecule is O=C1C(c2ccc(O)cc2)=COC2=CC(O[C@@H]3OC(CO)[C@@H](O)CC3[OH2+])=CCC12. The van der Waals surface area contributed by atoms with Crippen LogP contribution in [0.25, 0.3) is 5.57 Å². The molecule has 4 rings (SSSR count). The first kappa shape index (κ1) is 19.7. The molecule has 3 aliphatic rings. The monoisotopic (exact) mass is 403 g/mol. The Labute approximate surface area is 166 Å². The quantitative estimate of drug-likeness (QED) is 0.631. The molecule has 1 aromatic rings. The molecule has 0 amide bonds. The van der Waals surface area contributed by atoms with Gasteiger partial charge in [0, 0.05) is 6.08 Å². The maximum Gasteiger partial charge on any atom is 0.272 e. The van der Waals surface area contributed by atoms with Crippen LogP contribution in [-0.4, -0.2) is 57.4 Å². The molecule has 8 heteroatoms. The van der Waals surface area contributed by atoms with E-state index in [-0.39, 0.29) is 24.6 Å². The minimum absolute atomic E-state index is 0.0840. The highest BCUT2D eigenvalue weighted by atomic mass is 16.7. The van der Waals surface area contributed by atoms with Gasteiger partial charge in [-0.1, -0.05) is 12.1 Å². The molecule has 2 heterocycles. The number of fused-ring (bicyclic) bond motifs is 1. The normalized spacial score (nSPS) is 31.8. The number of carbonyl (C=O) groups is 1. The third kappa shape index (κ3) is 3.92. The Hall–Kier alpha value is -2.65. The standard InChI is InChI=1S/C21H22O8/c22-9-19-16(24)8-17(25)21(29-19)28-13-5-6-14-18(7-13)27-10-15(20(14)26)11-1-3-12(23)4-2-11/h1-5,7,10,14,16-17,19,21-25H,6,8-9H2/p+1/t14?,16-,17?,19?,21+/m0/s1. The Bertz CT molecular complexity index is 869. The van der Waals surface area contributed by atoms with Crippen molar-refractivity contribution >= 4 is 11.4 Å². The number of hydrogen-bond donors (Lipinski definition) is 3. The Kier molecular flexibility index (Phi) is 5.42. The van der Waals surface area contributed by atoms with Gasteiger partial charge in [0.25, 0.3) is 6.29 Å². The van der Waals surface area contributed by atoms with E-state index < -0.39 is 30.5 Å². The number of aliphatic hydroxyl groups excluding tert-OH is 2. The summed E-state index contributed by atoms with van der Waals surface area (Å²) in [6.07, 6.45) is 1.80. The molecule has 0 aromatic heterocycles. The molecule has 5 atom stereocenters. The van der Waals surface area contributed by atoms with E-state index in [0.29, 0.717) is 29.1 Å². The molecule has 154 valence electrons. The molecule has 1 aromatic carbocycles. The number of ketones is 1. The lowest BCUT2D eigenvalue weighted by Crippen LogP contribution is -2.49. The third-order valence-electron chi connectivity index (χ3n) is 5.25. The number of allylic oxidation sites excluding steroid dienone is 4. The number of rotatable bonds is 4. The van der Waals surface area contributed by atoms with Crippen molar-refractivity contribution in [2.24, 2.45) is 5.92 Å². The van der Waals surface area contributed by atoms with Gasteiger partial charge in [0.1, 0.15) is 29.6 Å². The zero-order chi connectivity index (χ0) is 20.5. The van der Waals surface area contributed by atoms with Crippen molar-refractivity contribution in [3.05, 3.63) is 59.8 Å². The van der Waals surface area contributed by atoms with E-state index in [2.05, 4.69) is 0 Å². The average Bonchev–Trinajstić information content (AvgIpc) is 2.71. The van der Waals surface area contributed by atoms with Crippen LogP contribution in [0.5, 0.6) is 5.75 Å². The van der Waals surface area contributed by atoms with Crippen LogP contribution in [0.2, 0.25) is 0 Å². The lowest BCUT2D eigenvalue weighted by Gasteiger charge is -2.35. The molecular formula is C21H23O8+. The number of aromatic hydroxyl groups is 1. The van der Waals surface area contributed by atoms with Gasteiger partial charge in [-0.15, -0.1) is 0 Å². The van der Waals surface area contributed by atoms with Gasteiger partial charge in [0.15, 0.2) is 5.78 Å². The van der Waals surface area contributed by atoms with E-state index in [1.807, 2.05) is 0 Å². The number of Topliss-reactive ketones (excluding diaryl/α,β-unsaturated/α-hetero) is 1. The number of phenolic OH excluding ortho intramolecular Hbond substituents is 1. The van der Waals surface area contributed by atoms with Crippen LogP contribution >= 0.6 is 0 Å². The number of ether oxygens (including phenoxy) is 3. The van der Waals surface area contributed by atoms with Crippen molar-refractivity contribution in [3.8, 4) is 5.75 Å². The van der Waals surface area contributed by atoms with Crippen molar-refractivity contribution in [2.75, 3.05) is 6.61 Å². The predicted molar refractivity (Wildman–Crippen MR) is 101 cm³/mol. The summed E-state index contributed by atoms with van der Waals surface area (Å²) < 4.78 is 16.9. The fourth-order valence-electron chi connectivity index (χ4n) is 3.60. The topological polar surface area (TPSA) is 128 Å². The fraction of sp³-hybridized carbons (Fsp3) is 0.381. The van der Waals surface area contributed by atoms with E-state index in [9.17, 15) is 20.1 Å². The maximum absolute atomic E-state index is 12.9. The smallest absolute Gasteiger partial charge is 0.272 e. The van der Waals surface area contributed by atoms with Crippen molar-refractivity contribution in [1.29, 1.82) is 0 Å². The summed E-state index contributed by atoms with van der Waals surface area (Å²) in [4.78, 5) is 12.9. The van der Waals surface area contributed by atoms with Gasteiger partial charge in [0.05, 0.1) is 30.6 Å². The molecule has 5 N–H and O–H groups in total. The summed E-state index contributed by atoms with van der Waals surface area (Å²) in [5, 5.41) is 36.6. The Balaban J connectivity index is 1.47. The molecule has 8 nitrogen and oxygen atoms in total. The Morgan fingerprint density at radius 1 is 1.24 bits per heavy atom. The zero-order valence-corrected chi connectivity index (χ0v) is 15.5. The molecule has 3 unspecified atom stereocenters. The first-order valence-corrected chi connectivity index (χ1v) is 9.40. The summed E-state index contributed by atoms with van der Waals surface area (Å²) >= 11 is 0. The molecule has 29 heavy (non-hydrogen) atoms. The first-order chi connectivity index (χ1) is 14.0. The van der Waals surface area contributed by atoms with Crippen molar-refractivity contribution < 1.29 is 39.4 Å². The summed E-state index contributed by atoms with van der Waals surface area (Å²) in [5.74, 6) is 0.434. The second kappa shape index (κ2) is 8.00. The second-order valence-electron chi connectivity index (χ2n) is 7.25. The average molecular weight is 403 g/mol. The Morgan fingerprint density at radius 2 is 2.00 bits per heavy atom. The third-order valence-corrected chi connectivity index (χ3v) is 5.25. The van der Waals surface area contributed by atoms with Crippen molar-refractivity contribution in [3.63, 3.8) is 0 Å². The largest absolute Gasteiger partial charge is 0.508 e. The van der Waals surface area contributed by atoms with Crippen LogP contribution in [0.15, 0.2) is 54.2 Å². The number of phenols is 1. The van der Waals surface area contributed by atoms with Gasteiger partial charge >= 0.3 is 0 Å². The van der Waals surface area contributed by atoms with E-state index in [0.717, 1.165) is 0 Å². The summed E-state index contributed by atoms with van der Waals surface area (Å²) in [7, 11) is 0. The molecule has 0 spiro atoms. The van der Waals surface area contributed by atoms with Crippen LogP contribution in [0, 0.1) is 5.92 Å². The van der Waals surface area contributed by atoms with E-state index in [1.54, 1.807) is 24.3 Å². The van der Waals surface area contributed by atoms with Gasteiger partial charge in [-0.25, -0.2) is 0 Å². The van der Waals surface area contributed by atoms with Gasteiger partial charge in [-0.05, 0) is 30.2 Å². The van der Waals surface area contributed by atoms with Crippen LogP contribution in [0.3, 0.4) is 0 Å². The highest BCUT2D eigenvalue weighted by Crippen LogP contribution is 2.36. The van der Waals surface area contributed by atoms with Crippen LogP contribution in [-0.2, 0) is 19.0 Å². The van der Waals surface area contributed by atoms with Crippen LogP contribution < -0.4 is 0 Å². The van der Waals surface area contributed by atoms with Crippen LogP contribution in [0.4, 0.5) is 0 Å². The number of benzene rings is 1. The maximum atomic E-state index is 12.9. The van der Waals surface area contributed by atoms with E-state index in [1.165, 1.54) is 18.4 Å². The number of carbonyl (C=O) groups excluding carboxylic acids is 1.